The van der Waals surface area contributed by atoms with E-state index in [1.54, 1.807) is 11.8 Å². The third kappa shape index (κ3) is 5.18. The molecule has 1 amide bonds. The number of nitrogens with one attached hydrogen (secondary N) is 1. The summed E-state index contributed by atoms with van der Waals surface area (Å²) in [4.78, 5) is 15.9. The molecule has 4 rings (SSSR count). The SMILES string of the molecule is CSc1ccc(CN2CCc3nnc(CCNC(=O)C4CCCO4)n3CC2)cc1. The second kappa shape index (κ2) is 9.73. The number of aromatic nitrogens is 3. The number of hydrogen-bond donors (Lipinski definition) is 1. The normalized spacial score (nSPS) is 19.7. The van der Waals surface area contributed by atoms with E-state index in [-0.39, 0.29) is 12.0 Å². The molecule has 156 valence electrons. The van der Waals surface area contributed by atoms with Crippen molar-refractivity contribution in [3.05, 3.63) is 41.5 Å². The molecule has 1 atom stereocenters. The Hall–Kier alpha value is -1.90. The van der Waals surface area contributed by atoms with E-state index >= 15 is 0 Å². The summed E-state index contributed by atoms with van der Waals surface area (Å²) in [6.07, 6.45) is 5.21. The second-order valence-electron chi connectivity index (χ2n) is 7.60. The summed E-state index contributed by atoms with van der Waals surface area (Å²) in [5.41, 5.74) is 1.34. The van der Waals surface area contributed by atoms with Crippen molar-refractivity contribution in [2.75, 3.05) is 32.5 Å². The zero-order valence-electron chi connectivity index (χ0n) is 17.0. The minimum absolute atomic E-state index is 0.00299. The van der Waals surface area contributed by atoms with Crippen molar-refractivity contribution < 1.29 is 9.53 Å². The topological polar surface area (TPSA) is 72.3 Å². The van der Waals surface area contributed by atoms with Gasteiger partial charge in [-0.05, 0) is 36.8 Å². The molecular weight excluding hydrogens is 386 g/mol. The molecule has 1 unspecified atom stereocenters. The molecule has 7 nitrogen and oxygen atoms in total. The van der Waals surface area contributed by atoms with Crippen molar-refractivity contribution in [3.8, 4) is 0 Å². The molecule has 3 heterocycles. The predicted octanol–water partition coefficient (Wildman–Crippen LogP) is 1.90. The van der Waals surface area contributed by atoms with Crippen LogP contribution in [0.4, 0.5) is 0 Å². The van der Waals surface area contributed by atoms with Gasteiger partial charge in [0.25, 0.3) is 0 Å². The Morgan fingerprint density at radius 3 is 2.86 bits per heavy atom. The molecule has 2 aromatic rings. The van der Waals surface area contributed by atoms with Crippen molar-refractivity contribution in [3.63, 3.8) is 0 Å². The monoisotopic (exact) mass is 415 g/mol. The Balaban J connectivity index is 1.28. The molecule has 0 spiro atoms. The lowest BCUT2D eigenvalue weighted by Gasteiger charge is -2.19. The van der Waals surface area contributed by atoms with Gasteiger partial charge in [-0.15, -0.1) is 22.0 Å². The molecule has 1 aromatic heterocycles. The Bertz CT molecular complexity index is 817. The van der Waals surface area contributed by atoms with Crippen molar-refractivity contribution >= 4 is 17.7 Å². The lowest BCUT2D eigenvalue weighted by atomic mass is 10.2. The highest BCUT2D eigenvalue weighted by Gasteiger charge is 2.23. The number of hydrogen-bond acceptors (Lipinski definition) is 6. The van der Waals surface area contributed by atoms with Crippen LogP contribution < -0.4 is 5.32 Å². The van der Waals surface area contributed by atoms with E-state index < -0.39 is 0 Å². The van der Waals surface area contributed by atoms with Gasteiger partial charge in [-0.1, -0.05) is 12.1 Å². The molecule has 0 bridgehead atoms. The maximum atomic E-state index is 12.1. The van der Waals surface area contributed by atoms with Gasteiger partial charge in [-0.25, -0.2) is 0 Å². The van der Waals surface area contributed by atoms with Gasteiger partial charge < -0.3 is 14.6 Å². The summed E-state index contributed by atoms with van der Waals surface area (Å²) in [5.74, 6) is 2.00. The van der Waals surface area contributed by atoms with Crippen molar-refractivity contribution in [1.82, 2.24) is 25.0 Å². The first kappa shape index (κ1) is 20.4. The molecule has 1 saturated heterocycles. The third-order valence-electron chi connectivity index (χ3n) is 5.63. The average Bonchev–Trinajstić information content (AvgIpc) is 3.37. The van der Waals surface area contributed by atoms with Crippen molar-refractivity contribution in [2.45, 2.75) is 49.8 Å². The predicted molar refractivity (Wildman–Crippen MR) is 113 cm³/mol. The molecule has 8 heteroatoms. The van der Waals surface area contributed by atoms with Gasteiger partial charge in [0.15, 0.2) is 0 Å². The van der Waals surface area contributed by atoms with Gasteiger partial charge in [-0.3, -0.25) is 9.69 Å². The minimum atomic E-state index is -0.274. The Labute approximate surface area is 176 Å². The van der Waals surface area contributed by atoms with Crippen LogP contribution in [0, 0.1) is 0 Å². The van der Waals surface area contributed by atoms with E-state index in [1.165, 1.54) is 10.5 Å². The number of amides is 1. The van der Waals surface area contributed by atoms with Gasteiger partial charge in [0.2, 0.25) is 5.91 Å². The summed E-state index contributed by atoms with van der Waals surface area (Å²) in [6, 6.07) is 8.82. The molecule has 1 N–H and O–H groups in total. The molecule has 0 radical (unpaired) electrons. The van der Waals surface area contributed by atoms with Crippen molar-refractivity contribution in [2.24, 2.45) is 0 Å². The highest BCUT2D eigenvalue weighted by atomic mass is 32.2. The number of benzene rings is 1. The summed E-state index contributed by atoms with van der Waals surface area (Å²) < 4.78 is 7.66. The van der Waals surface area contributed by atoms with E-state index in [4.69, 9.17) is 4.74 Å². The highest BCUT2D eigenvalue weighted by Crippen LogP contribution is 2.17. The second-order valence-corrected chi connectivity index (χ2v) is 8.48. The smallest absolute Gasteiger partial charge is 0.249 e. The van der Waals surface area contributed by atoms with Crippen LogP contribution in [-0.4, -0.2) is 64.2 Å². The van der Waals surface area contributed by atoms with Gasteiger partial charge >= 0.3 is 0 Å². The first-order valence-corrected chi connectivity index (χ1v) is 11.6. The number of ether oxygens (including phenoxy) is 1. The van der Waals surface area contributed by atoms with Crippen LogP contribution in [0.1, 0.15) is 30.1 Å². The van der Waals surface area contributed by atoms with Crippen LogP contribution in [0.15, 0.2) is 29.2 Å². The lowest BCUT2D eigenvalue weighted by Crippen LogP contribution is -2.35. The molecular formula is C21H29N5O2S. The molecule has 0 saturated carbocycles. The number of carbonyl (C=O) groups excluding carboxylic acids is 1. The van der Waals surface area contributed by atoms with Crippen LogP contribution in [0.5, 0.6) is 0 Å². The fourth-order valence-corrected chi connectivity index (χ4v) is 4.36. The van der Waals surface area contributed by atoms with E-state index in [2.05, 4.69) is 55.5 Å². The summed E-state index contributed by atoms with van der Waals surface area (Å²) in [6.45, 7) is 5.07. The largest absolute Gasteiger partial charge is 0.368 e. The Morgan fingerprint density at radius 2 is 2.10 bits per heavy atom. The zero-order chi connectivity index (χ0) is 20.1. The van der Waals surface area contributed by atoms with Gasteiger partial charge in [0.1, 0.15) is 17.8 Å². The van der Waals surface area contributed by atoms with Crippen LogP contribution in [0.3, 0.4) is 0 Å². The highest BCUT2D eigenvalue weighted by molar-refractivity contribution is 7.98. The average molecular weight is 416 g/mol. The third-order valence-corrected chi connectivity index (χ3v) is 6.37. The summed E-state index contributed by atoms with van der Waals surface area (Å²) in [5, 5.41) is 11.8. The van der Waals surface area contributed by atoms with Gasteiger partial charge in [0.05, 0.1) is 0 Å². The summed E-state index contributed by atoms with van der Waals surface area (Å²) >= 11 is 1.77. The quantitative estimate of drug-likeness (QED) is 0.697. The van der Waals surface area contributed by atoms with Crippen LogP contribution in [0.25, 0.3) is 0 Å². The molecule has 2 aliphatic rings. The van der Waals surface area contributed by atoms with E-state index in [0.29, 0.717) is 19.6 Å². The van der Waals surface area contributed by atoms with Gasteiger partial charge in [0, 0.05) is 57.1 Å². The lowest BCUT2D eigenvalue weighted by molar-refractivity contribution is -0.130. The van der Waals surface area contributed by atoms with E-state index in [9.17, 15) is 4.79 Å². The molecule has 1 fully saturated rings. The fourth-order valence-electron chi connectivity index (χ4n) is 3.95. The first-order valence-electron chi connectivity index (χ1n) is 10.4. The van der Waals surface area contributed by atoms with Crippen LogP contribution in [0.2, 0.25) is 0 Å². The number of carbonyl (C=O) groups is 1. The number of thioether (sulfide) groups is 1. The molecule has 0 aliphatic carbocycles. The fraction of sp³-hybridized carbons (Fsp3) is 0.571. The molecule has 1 aromatic carbocycles. The first-order chi connectivity index (χ1) is 14.2. The van der Waals surface area contributed by atoms with Gasteiger partial charge in [-0.2, -0.15) is 0 Å². The number of fused-ring (bicyclic) bond motifs is 1. The number of rotatable bonds is 7. The summed E-state index contributed by atoms with van der Waals surface area (Å²) in [7, 11) is 0. The zero-order valence-corrected chi connectivity index (χ0v) is 17.8. The van der Waals surface area contributed by atoms with Crippen molar-refractivity contribution in [1.29, 1.82) is 0 Å². The standard InChI is InChI=1S/C21H29N5O2S/c1-29-17-6-4-16(5-7-17)15-25-11-9-20-24-23-19(26(20)13-12-25)8-10-22-21(27)18-3-2-14-28-18/h4-7,18H,2-3,8-15H2,1H3,(H,22,27). The maximum absolute atomic E-state index is 12.1. The Kier molecular flexibility index (Phi) is 6.84. The van der Waals surface area contributed by atoms with E-state index in [0.717, 1.165) is 57.1 Å². The van der Waals surface area contributed by atoms with Crippen LogP contribution in [-0.2, 0) is 35.5 Å². The van der Waals surface area contributed by atoms with E-state index in [1.807, 2.05) is 0 Å². The molecule has 29 heavy (non-hydrogen) atoms. The Morgan fingerprint density at radius 1 is 1.24 bits per heavy atom. The minimum Gasteiger partial charge on any atom is -0.368 e. The molecule has 2 aliphatic heterocycles. The van der Waals surface area contributed by atoms with Crippen LogP contribution >= 0.6 is 11.8 Å². The number of nitrogens with zero attached hydrogens (tertiary/aromatic N) is 4. The maximum Gasteiger partial charge on any atom is 0.249 e.